The standard InChI is InChI=1S/C7H11N3OS/c1-10-5(6(11)3-8)4-9-7(10)12-2/h4H,3,8H2,1-2H3. The van der Waals surface area contributed by atoms with Crippen LogP contribution < -0.4 is 5.73 Å². The van der Waals surface area contributed by atoms with E-state index in [1.54, 1.807) is 10.8 Å². The van der Waals surface area contributed by atoms with E-state index in [9.17, 15) is 4.79 Å². The first-order valence-electron chi connectivity index (χ1n) is 3.49. The first kappa shape index (κ1) is 9.28. The summed E-state index contributed by atoms with van der Waals surface area (Å²) in [6.07, 6.45) is 3.47. The highest BCUT2D eigenvalue weighted by atomic mass is 32.2. The first-order valence-corrected chi connectivity index (χ1v) is 4.72. The average Bonchev–Trinajstić information content (AvgIpc) is 2.45. The minimum atomic E-state index is -0.0784. The van der Waals surface area contributed by atoms with Crippen LogP contribution >= 0.6 is 11.8 Å². The number of ketones is 1. The summed E-state index contributed by atoms with van der Waals surface area (Å²) >= 11 is 1.50. The Bertz CT molecular complexity index is 295. The maximum atomic E-state index is 11.2. The van der Waals surface area contributed by atoms with E-state index in [2.05, 4.69) is 4.98 Å². The quantitative estimate of drug-likeness (QED) is 0.543. The van der Waals surface area contributed by atoms with Gasteiger partial charge in [0.25, 0.3) is 0 Å². The first-order chi connectivity index (χ1) is 5.70. The van der Waals surface area contributed by atoms with Crippen LogP contribution in [-0.4, -0.2) is 28.1 Å². The fourth-order valence-corrected chi connectivity index (χ4v) is 1.48. The number of imidazole rings is 1. The molecule has 1 rings (SSSR count). The summed E-state index contributed by atoms with van der Waals surface area (Å²) in [5, 5.41) is 0.826. The van der Waals surface area contributed by atoms with E-state index >= 15 is 0 Å². The second-order valence-corrected chi connectivity index (χ2v) is 3.09. The number of carbonyl (C=O) groups is 1. The van der Waals surface area contributed by atoms with Crippen LogP contribution in [0.2, 0.25) is 0 Å². The zero-order chi connectivity index (χ0) is 9.14. The van der Waals surface area contributed by atoms with Crippen LogP contribution in [0.5, 0.6) is 0 Å². The van der Waals surface area contributed by atoms with Crippen LogP contribution in [-0.2, 0) is 7.05 Å². The van der Waals surface area contributed by atoms with Crippen molar-refractivity contribution in [3.05, 3.63) is 11.9 Å². The lowest BCUT2D eigenvalue weighted by Gasteiger charge is -2.00. The Kier molecular flexibility index (Phi) is 2.88. The molecule has 12 heavy (non-hydrogen) atoms. The zero-order valence-corrected chi connectivity index (χ0v) is 7.89. The van der Waals surface area contributed by atoms with Crippen LogP contribution in [0.3, 0.4) is 0 Å². The van der Waals surface area contributed by atoms with E-state index in [-0.39, 0.29) is 12.3 Å². The third kappa shape index (κ3) is 1.51. The van der Waals surface area contributed by atoms with E-state index in [4.69, 9.17) is 5.73 Å². The molecule has 0 aliphatic rings. The van der Waals surface area contributed by atoms with Crippen LogP contribution in [0.1, 0.15) is 10.5 Å². The predicted molar refractivity (Wildman–Crippen MR) is 48.4 cm³/mol. The monoisotopic (exact) mass is 185 g/mol. The molecule has 1 aromatic rings. The largest absolute Gasteiger partial charge is 0.324 e. The van der Waals surface area contributed by atoms with E-state index in [1.807, 2.05) is 13.3 Å². The molecule has 0 atom stereocenters. The van der Waals surface area contributed by atoms with Crippen molar-refractivity contribution in [2.45, 2.75) is 5.16 Å². The molecule has 1 aromatic heterocycles. The molecular weight excluding hydrogens is 174 g/mol. The van der Waals surface area contributed by atoms with Crippen LogP contribution in [0, 0.1) is 0 Å². The molecule has 0 spiro atoms. The number of carbonyl (C=O) groups excluding carboxylic acids is 1. The van der Waals surface area contributed by atoms with Crippen molar-refractivity contribution in [2.24, 2.45) is 12.8 Å². The topological polar surface area (TPSA) is 60.9 Å². The molecule has 5 heteroatoms. The fraction of sp³-hybridized carbons (Fsp3) is 0.429. The van der Waals surface area contributed by atoms with Gasteiger partial charge in [-0.3, -0.25) is 4.79 Å². The summed E-state index contributed by atoms with van der Waals surface area (Å²) in [4.78, 5) is 15.2. The number of hydrogen-bond acceptors (Lipinski definition) is 4. The summed E-state index contributed by atoms with van der Waals surface area (Å²) < 4.78 is 1.75. The highest BCUT2D eigenvalue weighted by Crippen LogP contribution is 2.13. The van der Waals surface area contributed by atoms with Crippen molar-refractivity contribution in [3.8, 4) is 0 Å². The van der Waals surface area contributed by atoms with E-state index in [0.717, 1.165) is 5.16 Å². The van der Waals surface area contributed by atoms with Gasteiger partial charge in [-0.15, -0.1) is 0 Å². The molecule has 0 aliphatic heterocycles. The van der Waals surface area contributed by atoms with Crippen molar-refractivity contribution in [2.75, 3.05) is 12.8 Å². The lowest BCUT2D eigenvalue weighted by Crippen LogP contribution is -2.16. The lowest BCUT2D eigenvalue weighted by atomic mass is 10.3. The van der Waals surface area contributed by atoms with Gasteiger partial charge in [0.05, 0.1) is 12.7 Å². The number of Topliss-reactive ketones (excluding diaryl/α,β-unsaturated/α-hetero) is 1. The Morgan fingerprint density at radius 3 is 2.92 bits per heavy atom. The Hall–Kier alpha value is -0.810. The molecule has 0 aromatic carbocycles. The van der Waals surface area contributed by atoms with Crippen molar-refractivity contribution < 1.29 is 4.79 Å². The summed E-state index contributed by atoms with van der Waals surface area (Å²) in [6.45, 7) is 0.0351. The van der Waals surface area contributed by atoms with Crippen molar-refractivity contribution in [1.29, 1.82) is 0 Å². The predicted octanol–water partition coefficient (Wildman–Crippen LogP) is 0.283. The molecule has 2 N–H and O–H groups in total. The van der Waals surface area contributed by atoms with Gasteiger partial charge in [-0.1, -0.05) is 11.8 Å². The van der Waals surface area contributed by atoms with Crippen molar-refractivity contribution in [3.63, 3.8) is 0 Å². The maximum absolute atomic E-state index is 11.2. The molecule has 0 amide bonds. The maximum Gasteiger partial charge on any atom is 0.194 e. The summed E-state index contributed by atoms with van der Waals surface area (Å²) in [6, 6.07) is 0. The zero-order valence-electron chi connectivity index (χ0n) is 7.07. The molecule has 0 aliphatic carbocycles. The molecule has 0 bridgehead atoms. The van der Waals surface area contributed by atoms with Gasteiger partial charge in [0, 0.05) is 7.05 Å². The Morgan fingerprint density at radius 2 is 2.50 bits per heavy atom. The summed E-state index contributed by atoms with van der Waals surface area (Å²) in [7, 11) is 1.81. The highest BCUT2D eigenvalue weighted by molar-refractivity contribution is 7.98. The summed E-state index contributed by atoms with van der Waals surface area (Å²) in [5.74, 6) is -0.0784. The van der Waals surface area contributed by atoms with Crippen LogP contribution in [0.25, 0.3) is 0 Å². The Balaban J connectivity index is 3.02. The number of hydrogen-bond donors (Lipinski definition) is 1. The minimum absolute atomic E-state index is 0.0351. The van der Waals surface area contributed by atoms with Crippen molar-refractivity contribution >= 4 is 17.5 Å². The van der Waals surface area contributed by atoms with E-state index < -0.39 is 0 Å². The van der Waals surface area contributed by atoms with Crippen LogP contribution in [0.4, 0.5) is 0 Å². The highest BCUT2D eigenvalue weighted by Gasteiger charge is 2.10. The second kappa shape index (κ2) is 3.73. The molecule has 0 saturated heterocycles. The summed E-state index contributed by atoms with van der Waals surface area (Å²) in [5.41, 5.74) is 5.80. The fourth-order valence-electron chi connectivity index (χ4n) is 0.946. The SMILES string of the molecule is CSc1ncc(C(=O)CN)n1C. The number of aromatic nitrogens is 2. The molecular formula is C7H11N3OS. The molecule has 1 heterocycles. The molecule has 0 unspecified atom stereocenters. The third-order valence-corrected chi connectivity index (χ3v) is 2.34. The van der Waals surface area contributed by atoms with Crippen LogP contribution in [0.15, 0.2) is 11.4 Å². The molecule has 0 saturated carbocycles. The Labute approximate surface area is 75.2 Å². The van der Waals surface area contributed by atoms with E-state index in [0.29, 0.717) is 5.69 Å². The average molecular weight is 185 g/mol. The molecule has 0 radical (unpaired) electrons. The van der Waals surface area contributed by atoms with Gasteiger partial charge in [0.2, 0.25) is 0 Å². The van der Waals surface area contributed by atoms with Gasteiger partial charge in [0.1, 0.15) is 5.69 Å². The lowest BCUT2D eigenvalue weighted by molar-refractivity contribution is 0.0993. The van der Waals surface area contributed by atoms with Gasteiger partial charge >= 0.3 is 0 Å². The van der Waals surface area contributed by atoms with Crippen molar-refractivity contribution in [1.82, 2.24) is 9.55 Å². The van der Waals surface area contributed by atoms with E-state index in [1.165, 1.54) is 11.8 Å². The minimum Gasteiger partial charge on any atom is -0.324 e. The number of rotatable bonds is 3. The number of nitrogens with zero attached hydrogens (tertiary/aromatic N) is 2. The smallest absolute Gasteiger partial charge is 0.194 e. The normalized spacial score (nSPS) is 10.2. The molecule has 66 valence electrons. The Morgan fingerprint density at radius 1 is 1.83 bits per heavy atom. The molecule has 4 nitrogen and oxygen atoms in total. The van der Waals surface area contributed by atoms with Gasteiger partial charge in [-0.25, -0.2) is 4.98 Å². The molecule has 0 fully saturated rings. The van der Waals surface area contributed by atoms with Gasteiger partial charge in [-0.2, -0.15) is 0 Å². The second-order valence-electron chi connectivity index (χ2n) is 2.32. The number of thioether (sulfide) groups is 1. The van der Waals surface area contributed by atoms with Gasteiger partial charge in [0.15, 0.2) is 10.9 Å². The van der Waals surface area contributed by atoms with Gasteiger partial charge < -0.3 is 10.3 Å². The third-order valence-electron chi connectivity index (χ3n) is 1.60. The number of nitrogens with two attached hydrogens (primary N) is 1. The van der Waals surface area contributed by atoms with Gasteiger partial charge in [-0.05, 0) is 6.26 Å².